The fourth-order valence-electron chi connectivity index (χ4n) is 0.388. The van der Waals surface area contributed by atoms with Crippen LogP contribution in [0.4, 0.5) is 9.32 Å². The van der Waals surface area contributed by atoms with Crippen molar-refractivity contribution >= 4 is 12.1 Å². The summed E-state index contributed by atoms with van der Waals surface area (Å²) in [7, 11) is 0. The second kappa shape index (κ2) is 5.11. The molecule has 0 atom stereocenters. The van der Waals surface area contributed by atoms with Crippen LogP contribution >= 0.6 is 0 Å². The third-order valence-electron chi connectivity index (χ3n) is 0.845. The Bertz CT molecular complexity index is 204. The van der Waals surface area contributed by atoms with Crippen molar-refractivity contribution < 1.29 is 23.8 Å². The summed E-state index contributed by atoms with van der Waals surface area (Å²) >= 11 is 0. The van der Waals surface area contributed by atoms with Crippen LogP contribution in [-0.2, 0) is 14.5 Å². The van der Waals surface area contributed by atoms with E-state index < -0.39 is 17.8 Å². The molecule has 6 heteroatoms. The van der Waals surface area contributed by atoms with Gasteiger partial charge in [0.05, 0.1) is 6.61 Å². The van der Waals surface area contributed by atoms with Crippen molar-refractivity contribution in [2.24, 2.45) is 0 Å². The SMILES string of the molecule is C=C(NC(=O)OCC)C(=O)OF. The maximum absolute atomic E-state index is 11.2. The van der Waals surface area contributed by atoms with Gasteiger partial charge in [0.1, 0.15) is 5.70 Å². The van der Waals surface area contributed by atoms with Crippen molar-refractivity contribution in [1.82, 2.24) is 5.32 Å². The molecule has 0 aromatic rings. The normalized spacial score (nSPS) is 8.50. The van der Waals surface area contributed by atoms with Crippen LogP contribution in [0.2, 0.25) is 0 Å². The lowest BCUT2D eigenvalue weighted by atomic mass is 10.5. The van der Waals surface area contributed by atoms with Gasteiger partial charge in [0, 0.05) is 4.53 Å². The van der Waals surface area contributed by atoms with Gasteiger partial charge in [0.2, 0.25) is 0 Å². The second-order valence-corrected chi connectivity index (χ2v) is 1.69. The summed E-state index contributed by atoms with van der Waals surface area (Å²) < 4.78 is 15.5. The van der Waals surface area contributed by atoms with Gasteiger partial charge in [0.15, 0.2) is 0 Å². The number of halogens is 1. The molecule has 0 aromatic carbocycles. The fourth-order valence-corrected chi connectivity index (χ4v) is 0.388. The minimum absolute atomic E-state index is 0.143. The molecule has 0 saturated heterocycles. The van der Waals surface area contributed by atoms with Crippen LogP contribution in [-0.4, -0.2) is 18.7 Å². The van der Waals surface area contributed by atoms with Crippen LogP contribution < -0.4 is 5.32 Å². The molecule has 0 heterocycles. The molecule has 0 bridgehead atoms. The van der Waals surface area contributed by atoms with Crippen LogP contribution in [0.1, 0.15) is 6.92 Å². The lowest BCUT2D eigenvalue weighted by molar-refractivity contribution is -0.178. The number of hydrogen-bond donors (Lipinski definition) is 1. The van der Waals surface area contributed by atoms with E-state index in [1.165, 1.54) is 0 Å². The van der Waals surface area contributed by atoms with Crippen molar-refractivity contribution in [3.63, 3.8) is 0 Å². The molecule has 0 rings (SSSR count). The van der Waals surface area contributed by atoms with Crippen molar-refractivity contribution in [3.8, 4) is 0 Å². The summed E-state index contributed by atoms with van der Waals surface area (Å²) in [5, 5.41) is 1.86. The minimum atomic E-state index is -1.36. The van der Waals surface area contributed by atoms with E-state index in [4.69, 9.17) is 0 Å². The molecule has 0 saturated carbocycles. The molecule has 68 valence electrons. The fraction of sp³-hybridized carbons (Fsp3) is 0.333. The smallest absolute Gasteiger partial charge is 0.411 e. The lowest BCUT2D eigenvalue weighted by Crippen LogP contribution is -2.27. The van der Waals surface area contributed by atoms with E-state index in [1.54, 1.807) is 6.92 Å². The Morgan fingerprint density at radius 2 is 2.17 bits per heavy atom. The summed E-state index contributed by atoms with van der Waals surface area (Å²) in [5.41, 5.74) is -0.518. The van der Waals surface area contributed by atoms with Crippen LogP contribution in [0, 0.1) is 0 Å². The molecule has 12 heavy (non-hydrogen) atoms. The highest BCUT2D eigenvalue weighted by molar-refractivity contribution is 5.91. The van der Waals surface area contributed by atoms with Crippen molar-refractivity contribution in [3.05, 3.63) is 12.3 Å². The standard InChI is InChI=1S/C6H8FNO4/c1-3-11-6(10)8-4(2)5(9)12-7/h2-3H2,1H3,(H,8,10). The second-order valence-electron chi connectivity index (χ2n) is 1.69. The molecule has 5 nitrogen and oxygen atoms in total. The summed E-state index contributed by atoms with van der Waals surface area (Å²) in [6, 6.07) is 0. The lowest BCUT2D eigenvalue weighted by Gasteiger charge is -2.03. The van der Waals surface area contributed by atoms with E-state index in [9.17, 15) is 14.1 Å². The number of nitrogens with one attached hydrogen (secondary N) is 1. The molecule has 0 aromatic heterocycles. The number of carbonyl (C=O) groups is 2. The summed E-state index contributed by atoms with van der Waals surface area (Å²) in [4.78, 5) is 23.6. The maximum Gasteiger partial charge on any atom is 0.411 e. The molecule has 0 fully saturated rings. The number of amides is 1. The van der Waals surface area contributed by atoms with Gasteiger partial charge in [-0.3, -0.25) is 5.32 Å². The molecule has 0 aliphatic heterocycles. The number of alkyl carbamates (subject to hydrolysis) is 1. The Labute approximate surface area is 68.0 Å². The quantitative estimate of drug-likeness (QED) is 0.643. The Balaban J connectivity index is 3.84. The summed E-state index contributed by atoms with van der Waals surface area (Å²) in [6.07, 6.45) is -0.882. The van der Waals surface area contributed by atoms with Crippen LogP contribution in [0.15, 0.2) is 12.3 Å². The zero-order valence-corrected chi connectivity index (χ0v) is 6.43. The van der Waals surface area contributed by atoms with E-state index >= 15 is 0 Å². The molecule has 0 radical (unpaired) electrons. The Morgan fingerprint density at radius 1 is 1.58 bits per heavy atom. The molecule has 0 aliphatic carbocycles. The highest BCUT2D eigenvalue weighted by Gasteiger charge is 2.12. The highest BCUT2D eigenvalue weighted by atomic mass is 19.3. The molecular weight excluding hydrogens is 169 g/mol. The van der Waals surface area contributed by atoms with Gasteiger partial charge in [-0.15, -0.1) is 0 Å². The van der Waals surface area contributed by atoms with Gasteiger partial charge in [0.25, 0.3) is 0 Å². The Kier molecular flexibility index (Phi) is 4.43. The first-order valence-electron chi connectivity index (χ1n) is 3.07. The first-order chi connectivity index (χ1) is 5.61. The Hall–Kier alpha value is -1.59. The third kappa shape index (κ3) is 3.55. The molecule has 1 N–H and O–H groups in total. The van der Waals surface area contributed by atoms with E-state index in [-0.39, 0.29) is 6.61 Å². The number of ether oxygens (including phenoxy) is 1. The molecule has 0 aliphatic rings. The average Bonchev–Trinajstić information content (AvgIpc) is 2.03. The zero-order chi connectivity index (χ0) is 9.56. The van der Waals surface area contributed by atoms with Crippen molar-refractivity contribution in [1.29, 1.82) is 0 Å². The largest absolute Gasteiger partial charge is 0.450 e. The topological polar surface area (TPSA) is 64.6 Å². The van der Waals surface area contributed by atoms with E-state index in [0.717, 1.165) is 0 Å². The van der Waals surface area contributed by atoms with Gasteiger partial charge >= 0.3 is 12.1 Å². The van der Waals surface area contributed by atoms with E-state index in [2.05, 4.69) is 16.3 Å². The first kappa shape index (κ1) is 10.4. The number of carbonyl (C=O) groups excluding carboxylic acids is 2. The van der Waals surface area contributed by atoms with Gasteiger partial charge in [-0.1, -0.05) is 6.58 Å². The number of rotatable bonds is 3. The van der Waals surface area contributed by atoms with Gasteiger partial charge in [-0.05, 0) is 6.92 Å². The molecule has 1 amide bonds. The van der Waals surface area contributed by atoms with Gasteiger partial charge in [-0.25, -0.2) is 14.5 Å². The van der Waals surface area contributed by atoms with Crippen LogP contribution in [0.5, 0.6) is 0 Å². The van der Waals surface area contributed by atoms with Crippen LogP contribution in [0.25, 0.3) is 0 Å². The van der Waals surface area contributed by atoms with Crippen LogP contribution in [0.3, 0.4) is 0 Å². The first-order valence-corrected chi connectivity index (χ1v) is 3.07. The predicted molar refractivity (Wildman–Crippen MR) is 36.5 cm³/mol. The molecule has 0 unspecified atom stereocenters. The minimum Gasteiger partial charge on any atom is -0.450 e. The summed E-state index contributed by atoms with van der Waals surface area (Å²) in [6.45, 7) is 4.74. The van der Waals surface area contributed by atoms with E-state index in [0.29, 0.717) is 0 Å². The van der Waals surface area contributed by atoms with Gasteiger partial charge < -0.3 is 4.74 Å². The summed E-state index contributed by atoms with van der Waals surface area (Å²) in [5.74, 6) is -1.36. The van der Waals surface area contributed by atoms with Gasteiger partial charge in [-0.2, -0.15) is 0 Å². The highest BCUT2D eigenvalue weighted by Crippen LogP contribution is 1.91. The maximum atomic E-state index is 11.2. The third-order valence-corrected chi connectivity index (χ3v) is 0.845. The van der Waals surface area contributed by atoms with E-state index in [1.807, 2.05) is 5.32 Å². The molecule has 0 spiro atoms. The van der Waals surface area contributed by atoms with Crippen molar-refractivity contribution in [2.45, 2.75) is 6.92 Å². The number of hydrogen-bond acceptors (Lipinski definition) is 4. The zero-order valence-electron chi connectivity index (χ0n) is 6.43. The average molecular weight is 177 g/mol. The monoisotopic (exact) mass is 177 g/mol. The van der Waals surface area contributed by atoms with Crippen molar-refractivity contribution in [2.75, 3.05) is 6.61 Å². The predicted octanol–water partition coefficient (Wildman–Crippen LogP) is 0.674. The Morgan fingerprint density at radius 3 is 2.58 bits per heavy atom. The molecular formula is C6H8FNO4.